The van der Waals surface area contributed by atoms with E-state index in [0.717, 1.165) is 0 Å². The molecule has 96 valence electrons. The van der Waals surface area contributed by atoms with Crippen molar-refractivity contribution in [3.05, 3.63) is 30.0 Å². The van der Waals surface area contributed by atoms with Crippen LogP contribution in [0.5, 0.6) is 0 Å². The normalized spacial score (nSPS) is 12.1. The molecule has 18 heavy (non-hydrogen) atoms. The standard InChI is InChI=1S/C11H11F3N4/c1-6(2)9-8(7-3-4-15-5-16-7)10(18-17-9)11(12,13)14/h3-6H,1-2H3,(H,17,18). The van der Waals surface area contributed by atoms with E-state index < -0.39 is 11.9 Å². The zero-order valence-corrected chi connectivity index (χ0v) is 9.78. The number of hydrogen-bond donors (Lipinski definition) is 1. The van der Waals surface area contributed by atoms with Crippen molar-refractivity contribution in [2.24, 2.45) is 0 Å². The van der Waals surface area contributed by atoms with Crippen molar-refractivity contribution in [3.8, 4) is 11.3 Å². The third-order valence-electron chi connectivity index (χ3n) is 2.48. The summed E-state index contributed by atoms with van der Waals surface area (Å²) in [5, 5.41) is 5.82. The molecule has 0 aliphatic carbocycles. The molecule has 2 heterocycles. The van der Waals surface area contributed by atoms with Gasteiger partial charge in [-0.1, -0.05) is 13.8 Å². The highest BCUT2D eigenvalue weighted by Gasteiger charge is 2.39. The molecule has 1 N–H and O–H groups in total. The molecule has 0 spiro atoms. The molecule has 0 aliphatic rings. The zero-order chi connectivity index (χ0) is 13.3. The van der Waals surface area contributed by atoms with Crippen LogP contribution in [0.15, 0.2) is 18.6 Å². The number of halogens is 3. The molecule has 2 rings (SSSR count). The van der Waals surface area contributed by atoms with Gasteiger partial charge in [-0.3, -0.25) is 5.10 Å². The monoisotopic (exact) mass is 256 g/mol. The van der Waals surface area contributed by atoms with Crippen molar-refractivity contribution in [1.29, 1.82) is 0 Å². The smallest absolute Gasteiger partial charge is 0.281 e. The van der Waals surface area contributed by atoms with Crippen molar-refractivity contribution < 1.29 is 13.2 Å². The summed E-state index contributed by atoms with van der Waals surface area (Å²) in [4.78, 5) is 7.57. The van der Waals surface area contributed by atoms with Crippen LogP contribution < -0.4 is 0 Å². The second-order valence-electron chi connectivity index (χ2n) is 4.11. The van der Waals surface area contributed by atoms with Gasteiger partial charge < -0.3 is 0 Å². The number of H-pyrrole nitrogens is 1. The van der Waals surface area contributed by atoms with Crippen molar-refractivity contribution in [2.45, 2.75) is 25.9 Å². The summed E-state index contributed by atoms with van der Waals surface area (Å²) in [7, 11) is 0. The van der Waals surface area contributed by atoms with E-state index in [9.17, 15) is 13.2 Å². The van der Waals surface area contributed by atoms with Gasteiger partial charge >= 0.3 is 6.18 Å². The van der Waals surface area contributed by atoms with Crippen LogP contribution in [0.1, 0.15) is 31.2 Å². The van der Waals surface area contributed by atoms with Crippen LogP contribution in [0.4, 0.5) is 13.2 Å². The largest absolute Gasteiger partial charge is 0.435 e. The Labute approximate surface area is 101 Å². The summed E-state index contributed by atoms with van der Waals surface area (Å²) in [6, 6.07) is 1.44. The highest BCUT2D eigenvalue weighted by molar-refractivity contribution is 5.66. The van der Waals surface area contributed by atoms with Gasteiger partial charge in [0.25, 0.3) is 0 Å². The summed E-state index contributed by atoms with van der Waals surface area (Å²) in [6.07, 6.45) is -1.89. The molecule has 7 heteroatoms. The number of aromatic amines is 1. The number of nitrogens with one attached hydrogen (secondary N) is 1. The molecule has 2 aromatic rings. The van der Waals surface area contributed by atoms with E-state index in [1.54, 1.807) is 13.8 Å². The van der Waals surface area contributed by atoms with Gasteiger partial charge in [0.05, 0.1) is 11.3 Å². The third-order valence-corrected chi connectivity index (χ3v) is 2.48. The molecule has 4 nitrogen and oxygen atoms in total. The Morgan fingerprint density at radius 2 is 2.00 bits per heavy atom. The van der Waals surface area contributed by atoms with Crippen molar-refractivity contribution >= 4 is 0 Å². The van der Waals surface area contributed by atoms with E-state index in [-0.39, 0.29) is 17.2 Å². The first-order chi connectivity index (χ1) is 8.41. The molecule has 0 radical (unpaired) electrons. The van der Waals surface area contributed by atoms with E-state index in [4.69, 9.17) is 0 Å². The van der Waals surface area contributed by atoms with Gasteiger partial charge in [-0.05, 0) is 12.0 Å². The van der Waals surface area contributed by atoms with Crippen LogP contribution in [-0.4, -0.2) is 20.2 Å². The first-order valence-electron chi connectivity index (χ1n) is 5.33. The van der Waals surface area contributed by atoms with Crippen molar-refractivity contribution in [2.75, 3.05) is 0 Å². The summed E-state index contributed by atoms with van der Waals surface area (Å²) in [5.74, 6) is -0.112. The average molecular weight is 256 g/mol. The number of rotatable bonds is 2. The number of aromatic nitrogens is 4. The maximum atomic E-state index is 12.9. The fourth-order valence-corrected chi connectivity index (χ4v) is 1.68. The molecule has 0 bridgehead atoms. The second-order valence-corrected chi connectivity index (χ2v) is 4.11. The van der Waals surface area contributed by atoms with Gasteiger partial charge in [0.2, 0.25) is 0 Å². The SMILES string of the molecule is CC(C)c1[nH]nc(C(F)(F)F)c1-c1ccncn1. The lowest BCUT2D eigenvalue weighted by molar-refractivity contribution is -0.140. The van der Waals surface area contributed by atoms with Crippen LogP contribution >= 0.6 is 0 Å². The number of nitrogens with zero attached hydrogens (tertiary/aromatic N) is 3. The Morgan fingerprint density at radius 3 is 2.50 bits per heavy atom. The second kappa shape index (κ2) is 4.40. The topological polar surface area (TPSA) is 54.5 Å². The molecule has 2 aromatic heterocycles. The van der Waals surface area contributed by atoms with Gasteiger partial charge in [-0.25, -0.2) is 9.97 Å². The van der Waals surface area contributed by atoms with Crippen LogP contribution in [0, 0.1) is 0 Å². The Morgan fingerprint density at radius 1 is 1.28 bits per heavy atom. The highest BCUT2D eigenvalue weighted by atomic mass is 19.4. The van der Waals surface area contributed by atoms with Gasteiger partial charge in [-0.15, -0.1) is 0 Å². The molecule has 0 saturated heterocycles. The lowest BCUT2D eigenvalue weighted by Gasteiger charge is -2.09. The van der Waals surface area contributed by atoms with Crippen LogP contribution in [0.2, 0.25) is 0 Å². The van der Waals surface area contributed by atoms with E-state index in [0.29, 0.717) is 5.69 Å². The Bertz CT molecular complexity index is 531. The number of hydrogen-bond acceptors (Lipinski definition) is 3. The third kappa shape index (κ3) is 2.20. The summed E-state index contributed by atoms with van der Waals surface area (Å²) >= 11 is 0. The molecule has 0 aliphatic heterocycles. The van der Waals surface area contributed by atoms with Gasteiger partial charge in [-0.2, -0.15) is 18.3 Å². The van der Waals surface area contributed by atoms with Gasteiger partial charge in [0.15, 0.2) is 5.69 Å². The summed E-state index contributed by atoms with van der Waals surface area (Å²) in [5.41, 5.74) is -0.305. The van der Waals surface area contributed by atoms with Crippen molar-refractivity contribution in [1.82, 2.24) is 20.2 Å². The molecule has 0 unspecified atom stereocenters. The van der Waals surface area contributed by atoms with Crippen LogP contribution in [0.3, 0.4) is 0 Å². The molecule has 0 fully saturated rings. The van der Waals surface area contributed by atoms with Crippen molar-refractivity contribution in [3.63, 3.8) is 0 Å². The Hall–Kier alpha value is -1.92. The predicted molar refractivity (Wildman–Crippen MR) is 58.7 cm³/mol. The maximum absolute atomic E-state index is 12.9. The highest BCUT2D eigenvalue weighted by Crippen LogP contribution is 2.38. The summed E-state index contributed by atoms with van der Waals surface area (Å²) < 4.78 is 38.7. The number of alkyl halides is 3. The lowest BCUT2D eigenvalue weighted by Crippen LogP contribution is -2.08. The first kappa shape index (κ1) is 12.5. The molecule has 0 amide bonds. The molecule has 0 aromatic carbocycles. The minimum absolute atomic E-state index is 0.0000926. The fraction of sp³-hybridized carbons (Fsp3) is 0.364. The van der Waals surface area contributed by atoms with Gasteiger partial charge in [0, 0.05) is 11.9 Å². The quantitative estimate of drug-likeness (QED) is 0.898. The molecule has 0 atom stereocenters. The minimum Gasteiger partial charge on any atom is -0.281 e. The Kier molecular flexibility index (Phi) is 3.06. The van der Waals surface area contributed by atoms with Crippen LogP contribution in [0.25, 0.3) is 11.3 Å². The fourth-order valence-electron chi connectivity index (χ4n) is 1.68. The van der Waals surface area contributed by atoms with E-state index in [1.165, 1.54) is 18.6 Å². The minimum atomic E-state index is -4.51. The lowest BCUT2D eigenvalue weighted by atomic mass is 10.0. The zero-order valence-electron chi connectivity index (χ0n) is 9.78. The molecular weight excluding hydrogens is 245 g/mol. The maximum Gasteiger partial charge on any atom is 0.435 e. The Balaban J connectivity index is 2.66. The molecule has 0 saturated carbocycles. The van der Waals surface area contributed by atoms with E-state index in [2.05, 4.69) is 20.2 Å². The first-order valence-corrected chi connectivity index (χ1v) is 5.33. The van der Waals surface area contributed by atoms with Gasteiger partial charge in [0.1, 0.15) is 6.33 Å². The molecular formula is C11H11F3N4. The summed E-state index contributed by atoms with van der Waals surface area (Å²) in [6.45, 7) is 3.58. The predicted octanol–water partition coefficient (Wildman–Crippen LogP) is 3.01. The van der Waals surface area contributed by atoms with E-state index in [1.807, 2.05) is 0 Å². The van der Waals surface area contributed by atoms with Crippen LogP contribution in [-0.2, 0) is 6.18 Å². The van der Waals surface area contributed by atoms with E-state index >= 15 is 0 Å². The average Bonchev–Trinajstić information content (AvgIpc) is 2.74.